The molecule has 0 unspecified atom stereocenters. The summed E-state index contributed by atoms with van der Waals surface area (Å²) >= 11 is 0. The van der Waals surface area contributed by atoms with Crippen LogP contribution in [-0.2, 0) is 0 Å². The standard InChI is InChI=1S/C10H10N4O2/c11-7-4-2-1-3-6(7)8-5-13-9(12)14(8)10(15)16/h1-5H,11H2,(H2,12,13)(H,15,16). The van der Waals surface area contributed by atoms with Crippen molar-refractivity contribution in [2.24, 2.45) is 0 Å². The highest BCUT2D eigenvalue weighted by molar-refractivity contribution is 5.83. The van der Waals surface area contributed by atoms with Crippen LogP contribution < -0.4 is 11.5 Å². The van der Waals surface area contributed by atoms with Gasteiger partial charge in [0.15, 0.2) is 0 Å². The van der Waals surface area contributed by atoms with Crippen LogP contribution in [0.3, 0.4) is 0 Å². The summed E-state index contributed by atoms with van der Waals surface area (Å²) in [5.74, 6) is -0.0780. The highest BCUT2D eigenvalue weighted by Gasteiger charge is 2.16. The Kier molecular flexibility index (Phi) is 2.24. The van der Waals surface area contributed by atoms with Gasteiger partial charge in [0.1, 0.15) is 0 Å². The van der Waals surface area contributed by atoms with Crippen molar-refractivity contribution in [2.45, 2.75) is 0 Å². The Labute approximate surface area is 91.1 Å². The zero-order valence-electron chi connectivity index (χ0n) is 8.29. The minimum atomic E-state index is -1.19. The highest BCUT2D eigenvalue weighted by atomic mass is 16.4. The molecular formula is C10H10N4O2. The predicted molar refractivity (Wildman–Crippen MR) is 59.9 cm³/mol. The second-order valence-corrected chi connectivity index (χ2v) is 3.21. The second kappa shape index (κ2) is 3.58. The minimum Gasteiger partial charge on any atom is -0.464 e. The van der Waals surface area contributed by atoms with Crippen LogP contribution in [0.15, 0.2) is 30.5 Å². The van der Waals surface area contributed by atoms with E-state index in [1.54, 1.807) is 24.3 Å². The Bertz CT molecular complexity index is 548. The van der Waals surface area contributed by atoms with E-state index in [0.717, 1.165) is 4.57 Å². The maximum Gasteiger partial charge on any atom is 0.418 e. The predicted octanol–water partition coefficient (Wildman–Crippen LogP) is 1.24. The number of anilines is 2. The zero-order chi connectivity index (χ0) is 11.7. The molecule has 0 aliphatic carbocycles. The van der Waals surface area contributed by atoms with E-state index >= 15 is 0 Å². The molecule has 1 aromatic heterocycles. The van der Waals surface area contributed by atoms with Crippen LogP contribution in [0.5, 0.6) is 0 Å². The molecule has 0 amide bonds. The Balaban J connectivity index is 2.66. The number of hydrogen-bond donors (Lipinski definition) is 3. The van der Waals surface area contributed by atoms with Crippen molar-refractivity contribution in [1.82, 2.24) is 9.55 Å². The molecule has 16 heavy (non-hydrogen) atoms. The third-order valence-electron chi connectivity index (χ3n) is 2.22. The van der Waals surface area contributed by atoms with Crippen LogP contribution in [0.1, 0.15) is 0 Å². The number of carboxylic acid groups (broad SMARTS) is 1. The number of nitrogens with two attached hydrogens (primary N) is 2. The molecule has 6 heteroatoms. The lowest BCUT2D eigenvalue weighted by Crippen LogP contribution is -2.13. The van der Waals surface area contributed by atoms with Crippen molar-refractivity contribution in [2.75, 3.05) is 11.5 Å². The van der Waals surface area contributed by atoms with Gasteiger partial charge < -0.3 is 16.6 Å². The molecule has 0 spiro atoms. The largest absolute Gasteiger partial charge is 0.464 e. The Morgan fingerprint density at radius 2 is 2.00 bits per heavy atom. The maximum absolute atomic E-state index is 11.0. The summed E-state index contributed by atoms with van der Waals surface area (Å²) in [6, 6.07) is 6.93. The van der Waals surface area contributed by atoms with E-state index in [1.807, 2.05) is 0 Å². The fourth-order valence-corrected chi connectivity index (χ4v) is 1.49. The summed E-state index contributed by atoms with van der Waals surface area (Å²) in [4.78, 5) is 14.8. The second-order valence-electron chi connectivity index (χ2n) is 3.21. The number of aromatic nitrogens is 2. The summed E-state index contributed by atoms with van der Waals surface area (Å²) in [5.41, 5.74) is 12.6. The number of para-hydroxylation sites is 1. The molecule has 2 rings (SSSR count). The Morgan fingerprint density at radius 1 is 1.31 bits per heavy atom. The molecule has 0 fully saturated rings. The van der Waals surface area contributed by atoms with Gasteiger partial charge in [0.05, 0.1) is 11.9 Å². The number of rotatable bonds is 1. The van der Waals surface area contributed by atoms with Gasteiger partial charge in [-0.3, -0.25) is 0 Å². The van der Waals surface area contributed by atoms with Gasteiger partial charge in [-0.15, -0.1) is 0 Å². The first-order valence-corrected chi connectivity index (χ1v) is 4.52. The summed E-state index contributed by atoms with van der Waals surface area (Å²) in [6.45, 7) is 0. The fraction of sp³-hybridized carbons (Fsp3) is 0. The Hall–Kier alpha value is -2.50. The van der Waals surface area contributed by atoms with E-state index in [2.05, 4.69) is 4.98 Å². The molecule has 1 heterocycles. The van der Waals surface area contributed by atoms with Crippen LogP contribution in [0, 0.1) is 0 Å². The van der Waals surface area contributed by atoms with Gasteiger partial charge in [0, 0.05) is 11.3 Å². The SMILES string of the molecule is Nc1ccccc1-c1cnc(N)n1C(=O)O. The molecule has 1 aromatic carbocycles. The molecule has 0 saturated carbocycles. The molecule has 0 bridgehead atoms. The first-order valence-electron chi connectivity index (χ1n) is 4.52. The monoisotopic (exact) mass is 218 g/mol. The minimum absolute atomic E-state index is 0.0780. The number of benzene rings is 1. The number of nitrogen functional groups attached to an aromatic ring is 2. The summed E-state index contributed by atoms with van der Waals surface area (Å²) in [7, 11) is 0. The van der Waals surface area contributed by atoms with E-state index in [9.17, 15) is 4.79 Å². The van der Waals surface area contributed by atoms with Crippen LogP contribution in [-0.4, -0.2) is 20.8 Å². The molecule has 6 nitrogen and oxygen atoms in total. The van der Waals surface area contributed by atoms with Gasteiger partial charge >= 0.3 is 6.09 Å². The average molecular weight is 218 g/mol. The van der Waals surface area contributed by atoms with E-state index in [1.165, 1.54) is 6.20 Å². The zero-order valence-corrected chi connectivity index (χ0v) is 8.29. The first kappa shape index (κ1) is 10.0. The van der Waals surface area contributed by atoms with Crippen LogP contribution >= 0.6 is 0 Å². The van der Waals surface area contributed by atoms with Gasteiger partial charge in [-0.05, 0) is 6.07 Å². The quantitative estimate of drug-likeness (QED) is 0.624. The smallest absolute Gasteiger partial charge is 0.418 e. The molecule has 0 aliphatic rings. The van der Waals surface area contributed by atoms with Crippen molar-refractivity contribution < 1.29 is 9.90 Å². The van der Waals surface area contributed by atoms with Gasteiger partial charge in [0.2, 0.25) is 5.95 Å². The molecule has 5 N–H and O–H groups in total. The van der Waals surface area contributed by atoms with Gasteiger partial charge in [-0.2, -0.15) is 0 Å². The molecular weight excluding hydrogens is 208 g/mol. The lowest BCUT2D eigenvalue weighted by Gasteiger charge is -2.06. The fourth-order valence-electron chi connectivity index (χ4n) is 1.49. The highest BCUT2D eigenvalue weighted by Crippen LogP contribution is 2.26. The molecule has 0 saturated heterocycles. The molecule has 0 atom stereocenters. The van der Waals surface area contributed by atoms with E-state index in [-0.39, 0.29) is 5.95 Å². The molecule has 0 aliphatic heterocycles. The van der Waals surface area contributed by atoms with Crippen molar-refractivity contribution in [3.05, 3.63) is 30.5 Å². The first-order chi connectivity index (χ1) is 7.61. The third kappa shape index (κ3) is 1.46. The molecule has 82 valence electrons. The topological polar surface area (TPSA) is 107 Å². The van der Waals surface area contributed by atoms with Crippen molar-refractivity contribution >= 4 is 17.7 Å². The third-order valence-corrected chi connectivity index (χ3v) is 2.22. The van der Waals surface area contributed by atoms with Gasteiger partial charge in [0.25, 0.3) is 0 Å². The van der Waals surface area contributed by atoms with Crippen molar-refractivity contribution in [3.8, 4) is 11.3 Å². The number of imidazole rings is 1. The van der Waals surface area contributed by atoms with Crippen molar-refractivity contribution in [1.29, 1.82) is 0 Å². The number of hydrogen-bond acceptors (Lipinski definition) is 4. The average Bonchev–Trinajstić information content (AvgIpc) is 2.61. The summed E-state index contributed by atoms with van der Waals surface area (Å²) in [6.07, 6.45) is 0.197. The van der Waals surface area contributed by atoms with Crippen LogP contribution in [0.2, 0.25) is 0 Å². The number of nitrogens with zero attached hydrogens (tertiary/aromatic N) is 2. The number of carbonyl (C=O) groups is 1. The van der Waals surface area contributed by atoms with Crippen LogP contribution in [0.25, 0.3) is 11.3 Å². The van der Waals surface area contributed by atoms with E-state index in [4.69, 9.17) is 16.6 Å². The maximum atomic E-state index is 11.0. The lowest BCUT2D eigenvalue weighted by molar-refractivity contribution is 0.197. The van der Waals surface area contributed by atoms with E-state index < -0.39 is 6.09 Å². The molecule has 2 aromatic rings. The summed E-state index contributed by atoms with van der Waals surface area (Å²) in [5, 5.41) is 8.99. The normalized spacial score (nSPS) is 10.2. The molecule has 0 radical (unpaired) electrons. The van der Waals surface area contributed by atoms with Gasteiger partial charge in [-0.1, -0.05) is 18.2 Å². The summed E-state index contributed by atoms with van der Waals surface area (Å²) < 4.78 is 0.895. The van der Waals surface area contributed by atoms with Crippen LogP contribution in [0.4, 0.5) is 16.4 Å². The Morgan fingerprint density at radius 3 is 2.62 bits per heavy atom. The van der Waals surface area contributed by atoms with Crippen molar-refractivity contribution in [3.63, 3.8) is 0 Å². The van der Waals surface area contributed by atoms with Gasteiger partial charge in [-0.25, -0.2) is 14.3 Å². The lowest BCUT2D eigenvalue weighted by atomic mass is 10.1. The van der Waals surface area contributed by atoms with E-state index in [0.29, 0.717) is 16.9 Å².